The molecule has 0 N–H and O–H groups in total. The second-order valence-corrected chi connectivity index (χ2v) is 2.18. The van der Waals surface area contributed by atoms with E-state index in [1.807, 2.05) is 11.4 Å². The Morgan fingerprint density at radius 3 is 2.83 bits per heavy atom. The highest BCUT2D eigenvalue weighted by Gasteiger charge is 1.76. The van der Waals surface area contributed by atoms with Gasteiger partial charge in [0.25, 0.3) is 0 Å². The Labute approximate surface area is 42.8 Å². The molecule has 0 spiro atoms. The second kappa shape index (κ2) is 1.67. The minimum absolute atomic E-state index is 1.03. The summed E-state index contributed by atoms with van der Waals surface area (Å²) in [5.74, 6) is 0. The number of rotatable bonds is 0. The Bertz CT molecular complexity index is 114. The molecule has 1 aromatic heterocycles. The van der Waals surface area contributed by atoms with Crippen LogP contribution >= 0.6 is 20.8 Å². The van der Waals surface area contributed by atoms with Crippen molar-refractivity contribution in [3.05, 3.63) is 11.4 Å². The lowest BCUT2D eigenvalue weighted by Crippen LogP contribution is -1.82. The summed E-state index contributed by atoms with van der Waals surface area (Å²) in [5.41, 5.74) is 1.03. The van der Waals surface area contributed by atoms with Crippen LogP contribution < -0.4 is 5.44 Å². The van der Waals surface area contributed by atoms with Crippen molar-refractivity contribution >= 4 is 26.2 Å². The molecule has 0 bridgehead atoms. The molecule has 0 radical (unpaired) electrons. The quantitative estimate of drug-likeness (QED) is 0.454. The van der Waals surface area contributed by atoms with Crippen molar-refractivity contribution in [3.63, 3.8) is 0 Å². The Hall–Kier alpha value is 0.0600. The smallest absolute Gasteiger partial charge is 0.0706 e. The fraction of sp³-hybridized carbons (Fsp3) is 0. The molecule has 0 fully saturated rings. The van der Waals surface area contributed by atoms with Gasteiger partial charge in [0, 0.05) is 5.38 Å². The van der Waals surface area contributed by atoms with Gasteiger partial charge in [0.1, 0.15) is 0 Å². The average Bonchev–Trinajstić information content (AvgIpc) is 1.86. The lowest BCUT2D eigenvalue weighted by molar-refractivity contribution is 1.69. The Kier molecular flexibility index (Phi) is 1.18. The van der Waals surface area contributed by atoms with Crippen LogP contribution in [0.5, 0.6) is 0 Å². The lowest BCUT2D eigenvalue weighted by Gasteiger charge is -1.64. The highest BCUT2D eigenvalue weighted by molar-refractivity contribution is 7.28. The molecule has 0 amide bonds. The third-order valence-corrected chi connectivity index (χ3v) is 1.54. The van der Waals surface area contributed by atoms with Crippen LogP contribution in [0.3, 0.4) is 0 Å². The van der Waals surface area contributed by atoms with Crippen LogP contribution in [-0.4, -0.2) is 4.37 Å². The van der Waals surface area contributed by atoms with Crippen LogP contribution in [0.15, 0.2) is 11.4 Å². The summed E-state index contributed by atoms with van der Waals surface area (Å²) in [6.45, 7) is 0. The molecular weight excluding hydrogens is 113 g/mol. The first kappa shape index (κ1) is 4.23. The zero-order chi connectivity index (χ0) is 4.41. The van der Waals surface area contributed by atoms with E-state index in [1.165, 1.54) is 11.5 Å². The van der Waals surface area contributed by atoms with E-state index >= 15 is 0 Å². The van der Waals surface area contributed by atoms with Gasteiger partial charge in [-0.2, -0.15) is 4.37 Å². The summed E-state index contributed by atoms with van der Waals surface area (Å²) in [5, 5.41) is 1.95. The molecule has 1 rings (SSSR count). The van der Waals surface area contributed by atoms with E-state index < -0.39 is 0 Å². The summed E-state index contributed by atoms with van der Waals surface area (Å²) in [6, 6.07) is 1.95. The van der Waals surface area contributed by atoms with Crippen molar-refractivity contribution in [2.45, 2.75) is 0 Å². The van der Waals surface area contributed by atoms with E-state index in [-0.39, 0.29) is 0 Å². The predicted molar refractivity (Wildman–Crippen MR) is 31.5 cm³/mol. The third kappa shape index (κ3) is 0.763. The zero-order valence-electron chi connectivity index (χ0n) is 3.09. The molecule has 0 aliphatic carbocycles. The molecule has 3 heteroatoms. The molecule has 0 aliphatic heterocycles. The maximum Gasteiger partial charge on any atom is 0.0706 e. The first-order chi connectivity index (χ1) is 2.89. The van der Waals surface area contributed by atoms with E-state index in [2.05, 4.69) is 13.6 Å². The van der Waals surface area contributed by atoms with Crippen LogP contribution in [0, 0.1) is 0 Å². The molecule has 1 unspecified atom stereocenters. The molecule has 0 saturated heterocycles. The average molecular weight is 117 g/mol. The number of nitrogens with zero attached hydrogens (tertiary/aromatic N) is 1. The molecule has 32 valence electrons. The minimum atomic E-state index is 1.03. The van der Waals surface area contributed by atoms with E-state index in [0.717, 1.165) is 5.44 Å². The molecule has 0 saturated carbocycles. The van der Waals surface area contributed by atoms with Gasteiger partial charge < -0.3 is 0 Å². The summed E-state index contributed by atoms with van der Waals surface area (Å²) >= 11 is 1.47. The molecule has 1 aromatic rings. The predicted octanol–water partition coefficient (Wildman–Crippen LogP) is 0.643. The highest BCUT2D eigenvalue weighted by atomic mass is 32.1. The Balaban J connectivity index is 3.05. The standard InChI is InChI=1S/C3H4NPS/c5-3-1-2-6-4-3/h1-2H,5H2. The summed E-state index contributed by atoms with van der Waals surface area (Å²) in [7, 11) is 2.52. The van der Waals surface area contributed by atoms with E-state index in [4.69, 9.17) is 0 Å². The summed E-state index contributed by atoms with van der Waals surface area (Å²) < 4.78 is 3.92. The van der Waals surface area contributed by atoms with Crippen molar-refractivity contribution in [2.24, 2.45) is 0 Å². The second-order valence-electron chi connectivity index (χ2n) is 0.924. The van der Waals surface area contributed by atoms with Crippen molar-refractivity contribution in [1.82, 2.24) is 4.37 Å². The zero-order valence-corrected chi connectivity index (χ0v) is 5.06. The molecule has 0 aromatic carbocycles. The van der Waals surface area contributed by atoms with Gasteiger partial charge in [-0.25, -0.2) is 0 Å². The fourth-order valence-corrected chi connectivity index (χ4v) is 1.08. The third-order valence-electron chi connectivity index (χ3n) is 0.458. The van der Waals surface area contributed by atoms with Crippen molar-refractivity contribution < 1.29 is 0 Å². The van der Waals surface area contributed by atoms with Crippen LogP contribution in [0.2, 0.25) is 0 Å². The topological polar surface area (TPSA) is 12.9 Å². The summed E-state index contributed by atoms with van der Waals surface area (Å²) in [6.07, 6.45) is 0. The molecule has 1 heterocycles. The van der Waals surface area contributed by atoms with E-state index in [0.29, 0.717) is 0 Å². The van der Waals surface area contributed by atoms with Crippen LogP contribution in [0.1, 0.15) is 0 Å². The first-order valence-corrected chi connectivity index (χ1v) is 2.97. The Morgan fingerprint density at radius 2 is 2.67 bits per heavy atom. The van der Waals surface area contributed by atoms with Gasteiger partial charge in [0.15, 0.2) is 0 Å². The first-order valence-electron chi connectivity index (χ1n) is 1.55. The lowest BCUT2D eigenvalue weighted by atomic mass is 10.8. The summed E-state index contributed by atoms with van der Waals surface area (Å²) in [4.78, 5) is 0. The van der Waals surface area contributed by atoms with Gasteiger partial charge in [0.2, 0.25) is 0 Å². The fourth-order valence-electron chi connectivity index (χ4n) is 0.222. The maximum absolute atomic E-state index is 3.92. The van der Waals surface area contributed by atoms with Crippen LogP contribution in [-0.2, 0) is 0 Å². The highest BCUT2D eigenvalue weighted by Crippen LogP contribution is 1.88. The number of hydrogen-bond donors (Lipinski definition) is 0. The van der Waals surface area contributed by atoms with Gasteiger partial charge in [0.05, 0.1) is 5.44 Å². The SMILES string of the molecule is Pc1ccsn1. The molecule has 1 nitrogen and oxygen atoms in total. The molecule has 0 aliphatic rings. The molecule has 6 heavy (non-hydrogen) atoms. The molecule has 1 atom stereocenters. The monoisotopic (exact) mass is 117 g/mol. The number of aromatic nitrogens is 1. The van der Waals surface area contributed by atoms with Crippen molar-refractivity contribution in [3.8, 4) is 0 Å². The van der Waals surface area contributed by atoms with Crippen molar-refractivity contribution in [1.29, 1.82) is 0 Å². The minimum Gasteiger partial charge on any atom is -0.194 e. The van der Waals surface area contributed by atoms with E-state index in [9.17, 15) is 0 Å². The van der Waals surface area contributed by atoms with Gasteiger partial charge in [-0.1, -0.05) is 9.24 Å². The Morgan fingerprint density at radius 1 is 1.83 bits per heavy atom. The van der Waals surface area contributed by atoms with Gasteiger partial charge in [-0.05, 0) is 17.6 Å². The number of hydrogen-bond acceptors (Lipinski definition) is 2. The van der Waals surface area contributed by atoms with Gasteiger partial charge in [-0.3, -0.25) is 0 Å². The van der Waals surface area contributed by atoms with Crippen LogP contribution in [0.25, 0.3) is 0 Å². The van der Waals surface area contributed by atoms with Crippen molar-refractivity contribution in [2.75, 3.05) is 0 Å². The van der Waals surface area contributed by atoms with Crippen LogP contribution in [0.4, 0.5) is 0 Å². The largest absolute Gasteiger partial charge is 0.194 e. The van der Waals surface area contributed by atoms with E-state index in [1.54, 1.807) is 0 Å². The maximum atomic E-state index is 3.92. The molecular formula is C3H4NPS. The van der Waals surface area contributed by atoms with Gasteiger partial charge >= 0.3 is 0 Å². The normalized spacial score (nSPS) is 8.83. The van der Waals surface area contributed by atoms with Gasteiger partial charge in [-0.15, -0.1) is 0 Å².